The number of nitrogen functional groups attached to an aromatic ring is 1. The van der Waals surface area contributed by atoms with Gasteiger partial charge in [0.05, 0.1) is 22.8 Å². The normalized spacial score (nSPS) is 10.2. The number of carbonyl (C=O) groups is 1. The maximum absolute atomic E-state index is 11.7. The predicted molar refractivity (Wildman–Crippen MR) is 71.9 cm³/mol. The van der Waals surface area contributed by atoms with E-state index in [2.05, 4.69) is 6.92 Å². The summed E-state index contributed by atoms with van der Waals surface area (Å²) >= 11 is 0. The van der Waals surface area contributed by atoms with Gasteiger partial charge in [0, 0.05) is 12.1 Å². The van der Waals surface area contributed by atoms with E-state index in [0.717, 1.165) is 31.7 Å². The van der Waals surface area contributed by atoms with Crippen LogP contribution in [0.3, 0.4) is 0 Å². The van der Waals surface area contributed by atoms with Crippen LogP contribution in [0.2, 0.25) is 0 Å². The number of hydrogen-bond donors (Lipinski definition) is 1. The van der Waals surface area contributed by atoms with Crippen LogP contribution in [-0.2, 0) is 4.74 Å². The Balaban J connectivity index is 2.55. The Labute approximate surface area is 111 Å². The number of non-ortho nitro benzene ring substituents is 1. The van der Waals surface area contributed by atoms with Crippen molar-refractivity contribution in [1.29, 1.82) is 0 Å². The fourth-order valence-corrected chi connectivity index (χ4v) is 1.62. The highest BCUT2D eigenvalue weighted by molar-refractivity contribution is 5.95. The van der Waals surface area contributed by atoms with Crippen LogP contribution in [0.25, 0.3) is 0 Å². The third-order valence-corrected chi connectivity index (χ3v) is 2.70. The Morgan fingerprint density at radius 3 is 2.68 bits per heavy atom. The van der Waals surface area contributed by atoms with Crippen LogP contribution in [0.1, 0.15) is 43.0 Å². The van der Waals surface area contributed by atoms with Crippen molar-refractivity contribution in [2.75, 3.05) is 12.3 Å². The minimum atomic E-state index is -0.559. The molecule has 0 heterocycles. The van der Waals surface area contributed by atoms with E-state index in [1.807, 2.05) is 0 Å². The van der Waals surface area contributed by atoms with Gasteiger partial charge >= 0.3 is 5.97 Å². The molecule has 104 valence electrons. The molecule has 19 heavy (non-hydrogen) atoms. The molecule has 0 aromatic heterocycles. The van der Waals surface area contributed by atoms with E-state index in [9.17, 15) is 14.9 Å². The zero-order chi connectivity index (χ0) is 14.3. The number of rotatable bonds is 7. The van der Waals surface area contributed by atoms with E-state index in [0.29, 0.717) is 6.61 Å². The van der Waals surface area contributed by atoms with Crippen LogP contribution >= 0.6 is 0 Å². The van der Waals surface area contributed by atoms with Crippen LogP contribution in [0.15, 0.2) is 18.2 Å². The number of esters is 1. The third-order valence-electron chi connectivity index (χ3n) is 2.70. The minimum Gasteiger partial charge on any atom is -0.462 e. The lowest BCUT2D eigenvalue weighted by atomic mass is 10.1. The molecule has 0 aliphatic heterocycles. The van der Waals surface area contributed by atoms with Gasteiger partial charge < -0.3 is 10.5 Å². The first kappa shape index (κ1) is 14.9. The summed E-state index contributed by atoms with van der Waals surface area (Å²) in [5.41, 5.74) is 5.70. The molecule has 0 aliphatic carbocycles. The van der Waals surface area contributed by atoms with Gasteiger partial charge in [-0.15, -0.1) is 0 Å². The summed E-state index contributed by atoms with van der Waals surface area (Å²) in [6, 6.07) is 3.72. The molecule has 0 aliphatic rings. The molecule has 0 bridgehead atoms. The van der Waals surface area contributed by atoms with Gasteiger partial charge in [-0.25, -0.2) is 4.79 Å². The average molecular weight is 266 g/mol. The second kappa shape index (κ2) is 7.35. The molecule has 1 aromatic rings. The highest BCUT2D eigenvalue weighted by atomic mass is 16.6. The number of unbranched alkanes of at least 4 members (excludes halogenated alkanes) is 3. The van der Waals surface area contributed by atoms with Crippen molar-refractivity contribution in [1.82, 2.24) is 0 Å². The maximum atomic E-state index is 11.7. The average Bonchev–Trinajstić information content (AvgIpc) is 2.38. The Kier molecular flexibility index (Phi) is 5.78. The van der Waals surface area contributed by atoms with E-state index >= 15 is 0 Å². The van der Waals surface area contributed by atoms with Gasteiger partial charge in [-0.2, -0.15) is 0 Å². The van der Waals surface area contributed by atoms with Gasteiger partial charge in [0.1, 0.15) is 0 Å². The molecule has 0 radical (unpaired) electrons. The SMILES string of the molecule is CCCCCCOC(=O)c1ccc([N+](=O)[O-])cc1N. The Morgan fingerprint density at radius 2 is 2.11 bits per heavy atom. The number of benzene rings is 1. The summed E-state index contributed by atoms with van der Waals surface area (Å²) < 4.78 is 5.07. The number of anilines is 1. The highest BCUT2D eigenvalue weighted by Crippen LogP contribution is 2.20. The first-order valence-electron chi connectivity index (χ1n) is 6.27. The second-order valence-corrected chi connectivity index (χ2v) is 4.23. The van der Waals surface area contributed by atoms with Crippen molar-refractivity contribution in [3.63, 3.8) is 0 Å². The first-order chi connectivity index (χ1) is 9.06. The summed E-state index contributed by atoms with van der Waals surface area (Å²) in [5.74, 6) is -0.538. The highest BCUT2D eigenvalue weighted by Gasteiger charge is 2.15. The van der Waals surface area contributed by atoms with Gasteiger partial charge in [-0.05, 0) is 12.5 Å². The van der Waals surface area contributed by atoms with Crippen molar-refractivity contribution < 1.29 is 14.5 Å². The molecule has 0 unspecified atom stereocenters. The van der Waals surface area contributed by atoms with Crippen LogP contribution < -0.4 is 5.73 Å². The zero-order valence-electron chi connectivity index (χ0n) is 10.9. The molecule has 1 aromatic carbocycles. The standard InChI is InChI=1S/C13H18N2O4/c1-2-3-4-5-8-19-13(16)11-7-6-10(15(17)18)9-12(11)14/h6-7,9H,2-5,8,14H2,1H3. The zero-order valence-corrected chi connectivity index (χ0v) is 10.9. The largest absolute Gasteiger partial charge is 0.462 e. The number of nitro benzene ring substituents is 1. The van der Waals surface area contributed by atoms with E-state index < -0.39 is 10.9 Å². The molecule has 0 amide bonds. The monoisotopic (exact) mass is 266 g/mol. The van der Waals surface area contributed by atoms with Gasteiger partial charge in [-0.1, -0.05) is 26.2 Å². The van der Waals surface area contributed by atoms with Crippen LogP contribution in [0.4, 0.5) is 11.4 Å². The lowest BCUT2D eigenvalue weighted by Crippen LogP contribution is -2.09. The van der Waals surface area contributed by atoms with Crippen LogP contribution in [0, 0.1) is 10.1 Å². The molecule has 2 N–H and O–H groups in total. The lowest BCUT2D eigenvalue weighted by Gasteiger charge is -2.06. The maximum Gasteiger partial charge on any atom is 0.340 e. The molecule has 1 rings (SSSR count). The van der Waals surface area contributed by atoms with Crippen molar-refractivity contribution in [3.8, 4) is 0 Å². The summed E-state index contributed by atoms with van der Waals surface area (Å²) in [7, 11) is 0. The molecule has 0 atom stereocenters. The second-order valence-electron chi connectivity index (χ2n) is 4.23. The van der Waals surface area contributed by atoms with E-state index in [-0.39, 0.29) is 16.9 Å². The molecule has 6 heteroatoms. The summed E-state index contributed by atoms with van der Waals surface area (Å²) in [6.07, 6.45) is 4.05. The van der Waals surface area contributed by atoms with Crippen molar-refractivity contribution in [2.24, 2.45) is 0 Å². The Hall–Kier alpha value is -2.11. The number of carbonyl (C=O) groups excluding carboxylic acids is 1. The fourth-order valence-electron chi connectivity index (χ4n) is 1.62. The number of ether oxygens (including phenoxy) is 1. The quantitative estimate of drug-likeness (QED) is 0.269. The van der Waals surface area contributed by atoms with Crippen LogP contribution in [0.5, 0.6) is 0 Å². The Morgan fingerprint density at radius 1 is 1.37 bits per heavy atom. The van der Waals surface area contributed by atoms with E-state index in [1.165, 1.54) is 12.1 Å². The first-order valence-corrected chi connectivity index (χ1v) is 6.27. The number of nitro groups is 1. The minimum absolute atomic E-state index is 0.0627. The number of nitrogens with zero attached hydrogens (tertiary/aromatic N) is 1. The summed E-state index contributed by atoms with van der Waals surface area (Å²) in [6.45, 7) is 2.44. The van der Waals surface area contributed by atoms with Gasteiger partial charge in [0.25, 0.3) is 5.69 Å². The summed E-state index contributed by atoms with van der Waals surface area (Å²) in [4.78, 5) is 21.7. The number of hydrogen-bond acceptors (Lipinski definition) is 5. The molecule has 6 nitrogen and oxygen atoms in total. The van der Waals surface area contributed by atoms with Crippen molar-refractivity contribution in [3.05, 3.63) is 33.9 Å². The van der Waals surface area contributed by atoms with E-state index in [4.69, 9.17) is 10.5 Å². The fraction of sp³-hybridized carbons (Fsp3) is 0.462. The van der Waals surface area contributed by atoms with Gasteiger partial charge in [-0.3, -0.25) is 10.1 Å². The Bertz CT molecular complexity index is 460. The molecule has 0 saturated heterocycles. The predicted octanol–water partition coefficient (Wildman–Crippen LogP) is 2.91. The topological polar surface area (TPSA) is 95.5 Å². The van der Waals surface area contributed by atoms with Crippen molar-refractivity contribution in [2.45, 2.75) is 32.6 Å². The molecular formula is C13H18N2O4. The lowest BCUT2D eigenvalue weighted by molar-refractivity contribution is -0.384. The molecule has 0 spiro atoms. The van der Waals surface area contributed by atoms with Gasteiger partial charge in [0.15, 0.2) is 0 Å². The summed E-state index contributed by atoms with van der Waals surface area (Å²) in [5, 5.41) is 10.5. The molecule has 0 saturated carbocycles. The van der Waals surface area contributed by atoms with E-state index in [1.54, 1.807) is 0 Å². The van der Waals surface area contributed by atoms with Gasteiger partial charge in [0.2, 0.25) is 0 Å². The smallest absolute Gasteiger partial charge is 0.340 e. The van der Waals surface area contributed by atoms with Crippen LogP contribution in [-0.4, -0.2) is 17.5 Å². The molecular weight excluding hydrogens is 248 g/mol. The number of nitrogens with two attached hydrogens (primary N) is 1. The molecule has 0 fully saturated rings. The third kappa shape index (κ3) is 4.57. The van der Waals surface area contributed by atoms with Crippen molar-refractivity contribution >= 4 is 17.3 Å².